The molecule has 0 radical (unpaired) electrons. The first-order chi connectivity index (χ1) is 10.0. The molecule has 3 amide bonds. The molecular formula is C13H15N5O3. The number of amidine groups is 1. The van der Waals surface area contributed by atoms with Gasteiger partial charge in [0.25, 0.3) is 0 Å². The fraction of sp³-hybridized carbons (Fsp3) is 0.231. The Morgan fingerprint density at radius 1 is 1.33 bits per heavy atom. The molecule has 0 saturated heterocycles. The summed E-state index contributed by atoms with van der Waals surface area (Å²) in [5.41, 5.74) is 5.82. The average molecular weight is 289 g/mol. The van der Waals surface area contributed by atoms with Crippen molar-refractivity contribution in [1.29, 1.82) is 0 Å². The Hall–Kier alpha value is -2.90. The van der Waals surface area contributed by atoms with Gasteiger partial charge in [-0.1, -0.05) is 30.3 Å². The van der Waals surface area contributed by atoms with E-state index < -0.39 is 12.2 Å². The second-order valence-electron chi connectivity index (χ2n) is 4.22. The van der Waals surface area contributed by atoms with Crippen LogP contribution < -0.4 is 11.1 Å². The molecule has 1 aromatic carbocycles. The van der Waals surface area contributed by atoms with E-state index in [1.165, 1.54) is 14.0 Å². The first kappa shape index (κ1) is 14.5. The summed E-state index contributed by atoms with van der Waals surface area (Å²) in [5, 5.41) is 7.58. The standard InChI is InChI=1S/C13H15N5O3/c1-8(19)18-11(16-13(14)20)12(21-2)15-10(17-18)9-6-4-3-5-7-9/h3-7,11H,1-2H3,(H3,14,16,20). The van der Waals surface area contributed by atoms with E-state index in [1.54, 1.807) is 12.1 Å². The summed E-state index contributed by atoms with van der Waals surface area (Å²) in [6.45, 7) is 1.32. The zero-order valence-electron chi connectivity index (χ0n) is 11.6. The average Bonchev–Trinajstić information content (AvgIpc) is 2.47. The van der Waals surface area contributed by atoms with Gasteiger partial charge in [0, 0.05) is 12.5 Å². The van der Waals surface area contributed by atoms with Crippen LogP contribution in [0, 0.1) is 0 Å². The summed E-state index contributed by atoms with van der Waals surface area (Å²) in [6, 6.07) is 8.30. The smallest absolute Gasteiger partial charge is 0.314 e. The highest BCUT2D eigenvalue weighted by atomic mass is 16.5. The molecule has 1 unspecified atom stereocenters. The molecule has 3 N–H and O–H groups in total. The number of carbonyl (C=O) groups excluding carboxylic acids is 2. The number of hydrogen-bond donors (Lipinski definition) is 2. The van der Waals surface area contributed by atoms with Crippen LogP contribution in [0.1, 0.15) is 12.5 Å². The topological polar surface area (TPSA) is 109 Å². The normalized spacial score (nSPS) is 17.6. The highest BCUT2D eigenvalue weighted by Crippen LogP contribution is 2.14. The fourth-order valence-corrected chi connectivity index (χ4v) is 1.83. The SMILES string of the molecule is COC1=NC(c2ccccc2)=NN(C(C)=O)C1NC(N)=O. The second-order valence-corrected chi connectivity index (χ2v) is 4.22. The highest BCUT2D eigenvalue weighted by Gasteiger charge is 2.32. The Kier molecular flexibility index (Phi) is 4.17. The maximum absolute atomic E-state index is 11.7. The van der Waals surface area contributed by atoms with Crippen LogP contribution >= 0.6 is 0 Å². The van der Waals surface area contributed by atoms with Gasteiger partial charge >= 0.3 is 6.03 Å². The minimum Gasteiger partial charge on any atom is -0.481 e. The number of carbonyl (C=O) groups is 2. The summed E-state index contributed by atoms with van der Waals surface area (Å²) < 4.78 is 5.14. The predicted octanol–water partition coefficient (Wildman–Crippen LogP) is 0.250. The molecule has 1 heterocycles. The molecule has 21 heavy (non-hydrogen) atoms. The van der Waals surface area contributed by atoms with Gasteiger partial charge in [0.05, 0.1) is 7.11 Å². The number of hydrazone groups is 1. The number of nitrogens with zero attached hydrogens (tertiary/aromatic N) is 3. The second kappa shape index (κ2) is 6.04. The number of nitrogens with two attached hydrogens (primary N) is 1. The monoisotopic (exact) mass is 289 g/mol. The minimum atomic E-state index is -0.961. The van der Waals surface area contributed by atoms with Crippen LogP contribution in [-0.2, 0) is 9.53 Å². The van der Waals surface area contributed by atoms with Crippen LogP contribution in [0.4, 0.5) is 4.79 Å². The Labute approximate surface area is 121 Å². The van der Waals surface area contributed by atoms with E-state index in [1.807, 2.05) is 18.2 Å². The predicted molar refractivity (Wildman–Crippen MR) is 76.5 cm³/mol. The van der Waals surface area contributed by atoms with Crippen LogP contribution in [0.5, 0.6) is 0 Å². The summed E-state index contributed by atoms with van der Waals surface area (Å²) >= 11 is 0. The summed E-state index contributed by atoms with van der Waals surface area (Å²) in [7, 11) is 1.39. The van der Waals surface area contributed by atoms with Crippen molar-refractivity contribution in [2.45, 2.75) is 13.1 Å². The molecule has 1 aromatic rings. The van der Waals surface area contributed by atoms with Crippen molar-refractivity contribution in [2.75, 3.05) is 7.11 Å². The van der Waals surface area contributed by atoms with Crippen LogP contribution in [-0.4, -0.2) is 42.0 Å². The van der Waals surface area contributed by atoms with Gasteiger partial charge in [0.1, 0.15) is 0 Å². The molecule has 2 rings (SSSR count). The van der Waals surface area contributed by atoms with Gasteiger partial charge in [-0.3, -0.25) is 4.79 Å². The van der Waals surface area contributed by atoms with Crippen molar-refractivity contribution in [2.24, 2.45) is 15.8 Å². The molecule has 8 nitrogen and oxygen atoms in total. The number of amides is 3. The number of nitrogens with one attached hydrogen (secondary N) is 1. The molecule has 1 aliphatic rings. The van der Waals surface area contributed by atoms with Crippen LogP contribution in [0.15, 0.2) is 40.4 Å². The first-order valence-electron chi connectivity index (χ1n) is 6.15. The quantitative estimate of drug-likeness (QED) is 0.814. The minimum absolute atomic E-state index is 0.123. The lowest BCUT2D eigenvalue weighted by Crippen LogP contribution is -2.56. The lowest BCUT2D eigenvalue weighted by molar-refractivity contribution is -0.130. The lowest BCUT2D eigenvalue weighted by atomic mass is 10.2. The Balaban J connectivity index is 2.43. The van der Waals surface area contributed by atoms with E-state index in [4.69, 9.17) is 10.5 Å². The van der Waals surface area contributed by atoms with Crippen molar-refractivity contribution < 1.29 is 14.3 Å². The number of rotatable bonds is 2. The summed E-state index contributed by atoms with van der Waals surface area (Å²) in [5.74, 6) is 0.0506. The number of hydrogen-bond acceptors (Lipinski definition) is 5. The van der Waals surface area contributed by atoms with Crippen molar-refractivity contribution in [3.63, 3.8) is 0 Å². The lowest BCUT2D eigenvalue weighted by Gasteiger charge is -2.30. The Morgan fingerprint density at radius 3 is 2.52 bits per heavy atom. The molecule has 1 aliphatic heterocycles. The summed E-state index contributed by atoms with van der Waals surface area (Å²) in [4.78, 5) is 27.0. The molecular weight excluding hydrogens is 274 g/mol. The van der Waals surface area contributed by atoms with Gasteiger partial charge in [-0.25, -0.2) is 4.79 Å². The van der Waals surface area contributed by atoms with E-state index in [0.717, 1.165) is 10.6 Å². The molecule has 0 bridgehead atoms. The number of methoxy groups -OCH3 is 1. The third-order valence-corrected chi connectivity index (χ3v) is 2.74. The zero-order chi connectivity index (χ0) is 15.4. The van der Waals surface area contributed by atoms with Gasteiger partial charge in [-0.05, 0) is 0 Å². The van der Waals surface area contributed by atoms with Gasteiger partial charge in [-0.15, -0.1) is 5.10 Å². The number of primary amides is 1. The zero-order valence-corrected chi connectivity index (χ0v) is 11.6. The van der Waals surface area contributed by atoms with Gasteiger partial charge < -0.3 is 15.8 Å². The molecule has 0 saturated carbocycles. The van der Waals surface area contributed by atoms with Crippen molar-refractivity contribution >= 4 is 23.7 Å². The van der Waals surface area contributed by atoms with Crippen molar-refractivity contribution in [3.05, 3.63) is 35.9 Å². The number of benzene rings is 1. The van der Waals surface area contributed by atoms with Gasteiger partial charge in [0.15, 0.2) is 5.84 Å². The van der Waals surface area contributed by atoms with Crippen LogP contribution in [0.2, 0.25) is 0 Å². The van der Waals surface area contributed by atoms with E-state index in [2.05, 4.69) is 15.4 Å². The number of aliphatic imine (C=N–C) groups is 1. The number of ether oxygens (including phenoxy) is 1. The molecule has 0 aliphatic carbocycles. The molecule has 8 heteroatoms. The van der Waals surface area contributed by atoms with Crippen molar-refractivity contribution in [3.8, 4) is 0 Å². The Morgan fingerprint density at radius 2 is 2.00 bits per heavy atom. The Bertz CT molecular complexity index is 611. The van der Waals surface area contributed by atoms with Crippen LogP contribution in [0.3, 0.4) is 0 Å². The highest BCUT2D eigenvalue weighted by molar-refractivity contribution is 6.09. The molecule has 110 valence electrons. The fourth-order valence-electron chi connectivity index (χ4n) is 1.83. The van der Waals surface area contributed by atoms with Crippen LogP contribution in [0.25, 0.3) is 0 Å². The third-order valence-electron chi connectivity index (χ3n) is 2.74. The molecule has 1 atom stereocenters. The number of urea groups is 1. The van der Waals surface area contributed by atoms with Gasteiger partial charge in [-0.2, -0.15) is 10.0 Å². The molecule has 0 aromatic heterocycles. The maximum Gasteiger partial charge on any atom is 0.314 e. The first-order valence-corrected chi connectivity index (χ1v) is 6.15. The van der Waals surface area contributed by atoms with Gasteiger partial charge in [0.2, 0.25) is 18.0 Å². The third kappa shape index (κ3) is 3.16. The maximum atomic E-state index is 11.7. The largest absolute Gasteiger partial charge is 0.481 e. The van der Waals surface area contributed by atoms with E-state index >= 15 is 0 Å². The molecule has 0 spiro atoms. The van der Waals surface area contributed by atoms with Crippen molar-refractivity contribution in [1.82, 2.24) is 10.3 Å². The van der Waals surface area contributed by atoms with E-state index in [0.29, 0.717) is 5.84 Å². The summed E-state index contributed by atoms with van der Waals surface area (Å²) in [6.07, 6.45) is -0.961. The molecule has 0 fully saturated rings. The van der Waals surface area contributed by atoms with E-state index in [-0.39, 0.29) is 11.8 Å². The van der Waals surface area contributed by atoms with E-state index in [9.17, 15) is 9.59 Å².